The van der Waals surface area contributed by atoms with Crippen LogP contribution in [-0.2, 0) is 5.41 Å². The van der Waals surface area contributed by atoms with E-state index in [1.165, 1.54) is 5.56 Å². The van der Waals surface area contributed by atoms with E-state index in [2.05, 4.69) is 77.7 Å². The molecule has 0 saturated heterocycles. The van der Waals surface area contributed by atoms with Gasteiger partial charge in [0.2, 0.25) is 0 Å². The van der Waals surface area contributed by atoms with Gasteiger partial charge >= 0.3 is 0 Å². The molecule has 152 valence electrons. The topological polar surface area (TPSA) is 12.0 Å². The van der Waals surface area contributed by atoms with Gasteiger partial charge in [0.1, 0.15) is 5.82 Å². The predicted octanol–water partition coefficient (Wildman–Crippen LogP) is 8.09. The van der Waals surface area contributed by atoms with Gasteiger partial charge < -0.3 is 5.32 Å². The molecule has 0 saturated carbocycles. The van der Waals surface area contributed by atoms with Gasteiger partial charge in [0.25, 0.3) is 0 Å². The van der Waals surface area contributed by atoms with E-state index in [9.17, 15) is 0 Å². The molecule has 1 N–H and O–H groups in total. The number of halogens is 1. The number of hydrogen-bond acceptors (Lipinski definition) is 1. The van der Waals surface area contributed by atoms with Crippen molar-refractivity contribution in [3.05, 3.63) is 82.3 Å². The lowest BCUT2D eigenvalue weighted by Gasteiger charge is -2.29. The molecular weight excluding hydrogens is 357 g/mol. The maximum absolute atomic E-state index is 15.2. The maximum atomic E-state index is 15.2. The molecule has 0 atom stereocenters. The van der Waals surface area contributed by atoms with Crippen molar-refractivity contribution >= 4 is 11.3 Å². The van der Waals surface area contributed by atoms with E-state index in [1.54, 1.807) is 6.07 Å². The minimum Gasteiger partial charge on any atom is -0.355 e. The molecule has 29 heavy (non-hydrogen) atoms. The fourth-order valence-electron chi connectivity index (χ4n) is 4.17. The second-order valence-electron chi connectivity index (χ2n) is 8.71. The summed E-state index contributed by atoms with van der Waals surface area (Å²) in [7, 11) is 0. The highest BCUT2D eigenvalue weighted by Crippen LogP contribution is 2.45. The Labute approximate surface area is 175 Å². The van der Waals surface area contributed by atoms with Crippen molar-refractivity contribution in [2.75, 3.05) is 5.32 Å². The van der Waals surface area contributed by atoms with Crippen LogP contribution in [0.1, 0.15) is 63.3 Å². The quantitative estimate of drug-likeness (QED) is 0.557. The molecule has 0 bridgehead atoms. The Bertz CT molecular complexity index is 1050. The molecule has 1 heterocycles. The Morgan fingerprint density at radius 3 is 2.34 bits per heavy atom. The number of fused-ring (bicyclic) bond motifs is 1. The second kappa shape index (κ2) is 7.67. The Kier molecular flexibility index (Phi) is 5.58. The van der Waals surface area contributed by atoms with E-state index >= 15 is 4.39 Å². The highest BCUT2D eigenvalue weighted by Gasteiger charge is 2.26. The van der Waals surface area contributed by atoms with Gasteiger partial charge in [0.15, 0.2) is 0 Å². The maximum Gasteiger partial charge on any atom is 0.127 e. The third-order valence-electron chi connectivity index (χ3n) is 6.33. The third kappa shape index (κ3) is 3.57. The van der Waals surface area contributed by atoms with Crippen LogP contribution < -0.4 is 5.32 Å². The first-order chi connectivity index (χ1) is 13.6. The summed E-state index contributed by atoms with van der Waals surface area (Å²) in [6.45, 7) is 18.8. The second-order valence-corrected chi connectivity index (χ2v) is 8.71. The summed E-state index contributed by atoms with van der Waals surface area (Å²) in [5, 5.41) is 3.48. The third-order valence-corrected chi connectivity index (χ3v) is 6.33. The molecule has 0 unspecified atom stereocenters. The molecule has 0 radical (unpaired) electrons. The Hall–Kier alpha value is -2.61. The monoisotopic (exact) mass is 389 g/mol. The lowest BCUT2D eigenvalue weighted by atomic mass is 9.79. The van der Waals surface area contributed by atoms with Crippen molar-refractivity contribution in [1.82, 2.24) is 0 Å². The van der Waals surface area contributed by atoms with Crippen molar-refractivity contribution in [3.63, 3.8) is 0 Å². The van der Waals surface area contributed by atoms with E-state index in [0.29, 0.717) is 0 Å². The molecule has 2 aromatic rings. The Balaban J connectivity index is 2.33. The first-order valence-corrected chi connectivity index (χ1v) is 10.4. The molecule has 3 rings (SSSR count). The fourth-order valence-corrected chi connectivity index (χ4v) is 4.17. The van der Waals surface area contributed by atoms with E-state index in [-0.39, 0.29) is 11.2 Å². The Morgan fingerprint density at radius 2 is 1.76 bits per heavy atom. The highest BCUT2D eigenvalue weighted by atomic mass is 19.1. The standard InChI is InChI=1S/C27H32FN/c1-9-11-21-18(5)19(6)29-26-17(4)14-16(3)24(25(21)26)20-12-13-22(23(28)15-20)27(7,8)10-2/h9,11-15,29H,6,10H2,1-5,7-8H3/b11-9-. The number of allylic oxidation sites excluding steroid dienone is 4. The van der Waals surface area contributed by atoms with Crippen LogP contribution in [0.25, 0.3) is 16.7 Å². The zero-order valence-corrected chi connectivity index (χ0v) is 18.8. The molecule has 1 aliphatic heterocycles. The summed E-state index contributed by atoms with van der Waals surface area (Å²) >= 11 is 0. The summed E-state index contributed by atoms with van der Waals surface area (Å²) in [5.74, 6) is -0.135. The van der Waals surface area contributed by atoms with Gasteiger partial charge in [-0.1, -0.05) is 57.7 Å². The molecule has 0 aromatic heterocycles. The van der Waals surface area contributed by atoms with Crippen molar-refractivity contribution in [1.29, 1.82) is 0 Å². The summed E-state index contributed by atoms with van der Waals surface area (Å²) < 4.78 is 15.2. The zero-order chi connectivity index (χ0) is 21.5. The molecular formula is C27H32FN. The number of hydrogen-bond donors (Lipinski definition) is 1. The molecule has 0 fully saturated rings. The normalized spacial score (nSPS) is 14.4. The number of benzene rings is 2. The molecule has 0 spiro atoms. The van der Waals surface area contributed by atoms with Crippen molar-refractivity contribution in [3.8, 4) is 11.1 Å². The van der Waals surface area contributed by atoms with Crippen LogP contribution in [0, 0.1) is 19.7 Å². The molecule has 0 aliphatic carbocycles. The summed E-state index contributed by atoms with van der Waals surface area (Å²) in [6.07, 6.45) is 5.07. The van der Waals surface area contributed by atoms with Gasteiger partial charge in [-0.2, -0.15) is 0 Å². The summed E-state index contributed by atoms with van der Waals surface area (Å²) in [5.41, 5.74) is 10.3. The van der Waals surface area contributed by atoms with Crippen molar-refractivity contribution < 1.29 is 4.39 Å². The molecule has 0 amide bonds. The van der Waals surface area contributed by atoms with Crippen molar-refractivity contribution in [2.24, 2.45) is 0 Å². The SMILES string of the molecule is C=C1Nc2c(C)cc(C)c(-c3ccc(C(C)(C)CC)c(F)c3)c2C(/C=C\C)=C1C. The average molecular weight is 390 g/mol. The zero-order valence-electron chi connectivity index (χ0n) is 18.8. The number of nitrogens with one attached hydrogen (secondary N) is 1. The van der Waals surface area contributed by atoms with Gasteiger partial charge in [-0.05, 0) is 84.6 Å². The van der Waals surface area contributed by atoms with E-state index in [1.807, 2.05) is 13.0 Å². The summed E-state index contributed by atoms with van der Waals surface area (Å²) in [6, 6.07) is 7.90. The number of rotatable bonds is 4. The van der Waals surface area contributed by atoms with Crippen LogP contribution in [0.4, 0.5) is 10.1 Å². The van der Waals surface area contributed by atoms with Crippen LogP contribution in [0.3, 0.4) is 0 Å². The van der Waals surface area contributed by atoms with Gasteiger partial charge in [-0.3, -0.25) is 0 Å². The van der Waals surface area contributed by atoms with Crippen LogP contribution in [0.2, 0.25) is 0 Å². The van der Waals surface area contributed by atoms with Crippen molar-refractivity contribution in [2.45, 2.75) is 60.3 Å². The van der Waals surface area contributed by atoms with Crippen LogP contribution >= 0.6 is 0 Å². The number of aryl methyl sites for hydroxylation is 2. The highest BCUT2D eigenvalue weighted by molar-refractivity contribution is 5.99. The van der Waals surface area contributed by atoms with Gasteiger partial charge in [-0.15, -0.1) is 0 Å². The molecule has 2 aromatic carbocycles. The van der Waals surface area contributed by atoms with Gasteiger partial charge in [0, 0.05) is 16.9 Å². The van der Waals surface area contributed by atoms with Crippen LogP contribution in [-0.4, -0.2) is 0 Å². The first kappa shape index (κ1) is 21.1. The first-order valence-electron chi connectivity index (χ1n) is 10.4. The molecule has 2 heteroatoms. The van der Waals surface area contributed by atoms with Gasteiger partial charge in [0.05, 0.1) is 0 Å². The number of anilines is 1. The predicted molar refractivity (Wildman–Crippen MR) is 125 cm³/mol. The Morgan fingerprint density at radius 1 is 1.07 bits per heavy atom. The van der Waals surface area contributed by atoms with Gasteiger partial charge in [-0.25, -0.2) is 4.39 Å². The fraction of sp³-hybridized carbons (Fsp3) is 0.333. The lowest BCUT2D eigenvalue weighted by molar-refractivity contribution is 0.469. The van der Waals surface area contributed by atoms with E-state index in [0.717, 1.165) is 56.8 Å². The van der Waals surface area contributed by atoms with E-state index < -0.39 is 0 Å². The smallest absolute Gasteiger partial charge is 0.127 e. The lowest BCUT2D eigenvalue weighted by Crippen LogP contribution is -2.17. The van der Waals surface area contributed by atoms with Crippen LogP contribution in [0.5, 0.6) is 0 Å². The average Bonchev–Trinajstić information content (AvgIpc) is 2.66. The molecule has 1 aliphatic rings. The largest absolute Gasteiger partial charge is 0.355 e. The van der Waals surface area contributed by atoms with E-state index in [4.69, 9.17) is 0 Å². The minimum atomic E-state index is -0.184. The summed E-state index contributed by atoms with van der Waals surface area (Å²) in [4.78, 5) is 0. The minimum absolute atomic E-state index is 0.135. The molecule has 1 nitrogen and oxygen atoms in total. The van der Waals surface area contributed by atoms with Crippen LogP contribution in [0.15, 0.2) is 54.3 Å².